The molecule has 1 fully saturated rings. The van der Waals surface area contributed by atoms with Crippen LogP contribution in [0.4, 0.5) is 10.1 Å². The van der Waals surface area contributed by atoms with Crippen LogP contribution in [-0.2, 0) is 23.3 Å². The van der Waals surface area contributed by atoms with E-state index in [0.29, 0.717) is 42.8 Å². The van der Waals surface area contributed by atoms with Crippen molar-refractivity contribution >= 4 is 23.3 Å². The lowest BCUT2D eigenvalue weighted by molar-refractivity contribution is -0.118. The summed E-state index contributed by atoms with van der Waals surface area (Å²) < 4.78 is 16.0. The molecule has 3 aromatic rings. The molecule has 3 heterocycles. The van der Waals surface area contributed by atoms with Gasteiger partial charge in [0.2, 0.25) is 0 Å². The first-order valence-corrected chi connectivity index (χ1v) is 10.8. The molecule has 1 saturated carbocycles. The molecule has 2 amide bonds. The quantitative estimate of drug-likeness (QED) is 0.394. The van der Waals surface area contributed by atoms with Crippen molar-refractivity contribution in [2.45, 2.75) is 51.6 Å². The van der Waals surface area contributed by atoms with E-state index >= 15 is 0 Å². The minimum Gasteiger partial charge on any atom is -0.340 e. The van der Waals surface area contributed by atoms with E-state index in [9.17, 15) is 18.8 Å². The molecule has 1 aliphatic carbocycles. The van der Waals surface area contributed by atoms with Crippen LogP contribution in [0.1, 0.15) is 62.6 Å². The van der Waals surface area contributed by atoms with Crippen molar-refractivity contribution in [3.8, 4) is 0 Å². The zero-order chi connectivity index (χ0) is 23.3. The second-order valence-electron chi connectivity index (χ2n) is 8.71. The molecular weight excluding hydrogens is 427 g/mol. The minimum atomic E-state index is -0.740. The number of aromatic nitrogens is 4. The van der Waals surface area contributed by atoms with Crippen molar-refractivity contribution in [2.75, 3.05) is 5.32 Å². The zero-order valence-corrected chi connectivity index (χ0v) is 18.3. The smallest absolute Gasteiger partial charge is 0.293 e. The van der Waals surface area contributed by atoms with Crippen molar-refractivity contribution < 1.29 is 18.8 Å². The van der Waals surface area contributed by atoms with Crippen LogP contribution in [-0.4, -0.2) is 37.6 Å². The summed E-state index contributed by atoms with van der Waals surface area (Å²) in [5.74, 6) is -2.48. The fraction of sp³-hybridized carbons (Fsp3) is 0.348. The minimum absolute atomic E-state index is 0.0625. The third-order valence-corrected chi connectivity index (χ3v) is 6.44. The summed E-state index contributed by atoms with van der Waals surface area (Å²) in [7, 11) is 0. The third kappa shape index (κ3) is 3.51. The summed E-state index contributed by atoms with van der Waals surface area (Å²) in [5.41, 5.74) is 2.30. The molecule has 2 aliphatic rings. The first kappa shape index (κ1) is 21.0. The van der Waals surface area contributed by atoms with Gasteiger partial charge in [-0.1, -0.05) is 11.3 Å². The normalized spacial score (nSPS) is 15.7. The molecule has 2 aromatic heterocycles. The van der Waals surface area contributed by atoms with Crippen molar-refractivity contribution in [1.82, 2.24) is 25.3 Å². The maximum absolute atomic E-state index is 14.3. The number of hydrogen-bond acceptors (Lipinski definition) is 5. The van der Waals surface area contributed by atoms with Gasteiger partial charge in [0.1, 0.15) is 17.2 Å². The topological polar surface area (TPSA) is 122 Å². The lowest BCUT2D eigenvalue weighted by Crippen LogP contribution is -2.40. The monoisotopic (exact) mass is 450 g/mol. The molecule has 0 saturated heterocycles. The fourth-order valence-electron chi connectivity index (χ4n) is 4.61. The Labute approximate surface area is 188 Å². The molecule has 3 N–H and O–H groups in total. The molecule has 33 heavy (non-hydrogen) atoms. The predicted octanol–water partition coefficient (Wildman–Crippen LogP) is 2.55. The van der Waals surface area contributed by atoms with Crippen molar-refractivity contribution in [1.29, 1.82) is 0 Å². The van der Waals surface area contributed by atoms with E-state index in [-0.39, 0.29) is 16.9 Å². The number of carbonyl (C=O) groups excluding carboxylic acids is 3. The molecule has 9 nitrogen and oxygen atoms in total. The van der Waals surface area contributed by atoms with Gasteiger partial charge in [0.25, 0.3) is 17.6 Å². The van der Waals surface area contributed by atoms with E-state index in [2.05, 4.69) is 26.0 Å². The van der Waals surface area contributed by atoms with E-state index < -0.39 is 29.0 Å². The number of aromatic amines is 1. The van der Waals surface area contributed by atoms with E-state index in [1.54, 1.807) is 30.7 Å². The first-order chi connectivity index (χ1) is 15.8. The number of hydrogen-bond donors (Lipinski definition) is 3. The van der Waals surface area contributed by atoms with Crippen LogP contribution < -0.4 is 10.6 Å². The molecule has 0 unspecified atom stereocenters. The number of nitrogens with one attached hydrogen (secondary N) is 3. The van der Waals surface area contributed by atoms with E-state index in [1.165, 1.54) is 12.1 Å². The molecule has 1 aromatic carbocycles. The highest BCUT2D eigenvalue weighted by atomic mass is 19.1. The van der Waals surface area contributed by atoms with Crippen LogP contribution in [0.3, 0.4) is 0 Å². The largest absolute Gasteiger partial charge is 0.340 e. The lowest BCUT2D eigenvalue weighted by atomic mass is 10.0. The highest BCUT2D eigenvalue weighted by Gasteiger charge is 2.49. The van der Waals surface area contributed by atoms with Gasteiger partial charge in [0, 0.05) is 18.4 Å². The summed E-state index contributed by atoms with van der Waals surface area (Å²) >= 11 is 0. The molecule has 5 rings (SSSR count). The lowest BCUT2D eigenvalue weighted by Gasteiger charge is -2.14. The van der Waals surface area contributed by atoms with Crippen LogP contribution in [0.25, 0.3) is 0 Å². The van der Waals surface area contributed by atoms with E-state index in [1.807, 2.05) is 0 Å². The molecule has 0 spiro atoms. The average Bonchev–Trinajstić information content (AvgIpc) is 3.14. The van der Waals surface area contributed by atoms with Gasteiger partial charge in [0.05, 0.1) is 16.8 Å². The van der Waals surface area contributed by atoms with Crippen LogP contribution in [0.5, 0.6) is 0 Å². The number of amides is 2. The fourth-order valence-corrected chi connectivity index (χ4v) is 4.61. The van der Waals surface area contributed by atoms with Gasteiger partial charge >= 0.3 is 0 Å². The van der Waals surface area contributed by atoms with Gasteiger partial charge in [-0.3, -0.25) is 19.5 Å². The Balaban J connectivity index is 1.43. The standard InChI is InChI=1S/C23H23FN6O3/c1-12-5-6-15(14(24)10-12)26-21(32)19-13(2)18(16-4-3-9-30(16)19)20(31)22(33)27-23(7-8-23)17-11-25-29-28-17/h5-6,10-11H,3-4,7-9H2,1-2H3,(H,26,32)(H,27,33)(H,25,28,29). The van der Waals surface area contributed by atoms with Gasteiger partial charge in [-0.05, 0) is 62.8 Å². The molecule has 1 aliphatic heterocycles. The summed E-state index contributed by atoms with van der Waals surface area (Å²) in [4.78, 5) is 39.2. The van der Waals surface area contributed by atoms with Gasteiger partial charge in [-0.25, -0.2) is 4.39 Å². The average molecular weight is 450 g/mol. The number of nitrogens with zero attached hydrogens (tertiary/aromatic N) is 3. The number of halogens is 1. The maximum atomic E-state index is 14.3. The zero-order valence-electron chi connectivity index (χ0n) is 18.3. The SMILES string of the molecule is Cc1ccc(NC(=O)c2c(C)c(C(=O)C(=O)NC3(c4c[nH]nn4)CC3)c3n2CCC3)c(F)c1. The summed E-state index contributed by atoms with van der Waals surface area (Å²) in [6.07, 6.45) is 4.27. The Morgan fingerprint density at radius 2 is 2.00 bits per heavy atom. The Morgan fingerprint density at radius 3 is 2.67 bits per heavy atom. The van der Waals surface area contributed by atoms with Crippen LogP contribution >= 0.6 is 0 Å². The van der Waals surface area contributed by atoms with Gasteiger partial charge in [0.15, 0.2) is 0 Å². The summed E-state index contributed by atoms with van der Waals surface area (Å²) in [6.45, 7) is 3.96. The van der Waals surface area contributed by atoms with Crippen LogP contribution in [0.15, 0.2) is 24.4 Å². The predicted molar refractivity (Wildman–Crippen MR) is 116 cm³/mol. The van der Waals surface area contributed by atoms with E-state index in [4.69, 9.17) is 0 Å². The molecule has 0 atom stereocenters. The summed E-state index contributed by atoms with van der Waals surface area (Å²) in [6, 6.07) is 4.55. The first-order valence-electron chi connectivity index (χ1n) is 10.8. The summed E-state index contributed by atoms with van der Waals surface area (Å²) in [5, 5.41) is 15.7. The van der Waals surface area contributed by atoms with Crippen LogP contribution in [0, 0.1) is 19.7 Å². The molecule has 0 radical (unpaired) electrons. The third-order valence-electron chi connectivity index (χ3n) is 6.44. The Hall–Kier alpha value is -3.82. The maximum Gasteiger partial charge on any atom is 0.293 e. The highest BCUT2D eigenvalue weighted by molar-refractivity contribution is 6.44. The second kappa shape index (κ2) is 7.65. The number of ketones is 1. The Kier molecular flexibility index (Phi) is 4.88. The van der Waals surface area contributed by atoms with Gasteiger partial charge in [-0.2, -0.15) is 0 Å². The molecule has 0 bridgehead atoms. The number of Topliss-reactive ketones (excluding diaryl/α,β-unsaturated/α-hetero) is 1. The highest BCUT2D eigenvalue weighted by Crippen LogP contribution is 2.44. The Morgan fingerprint density at radius 1 is 1.21 bits per heavy atom. The second-order valence-corrected chi connectivity index (χ2v) is 8.71. The molecule has 10 heteroatoms. The number of benzene rings is 1. The number of carbonyl (C=O) groups is 3. The van der Waals surface area contributed by atoms with Crippen molar-refractivity contribution in [2.24, 2.45) is 0 Å². The number of fused-ring (bicyclic) bond motifs is 1. The van der Waals surface area contributed by atoms with Gasteiger partial charge < -0.3 is 15.2 Å². The number of H-pyrrole nitrogens is 1. The van der Waals surface area contributed by atoms with Crippen molar-refractivity contribution in [3.05, 3.63) is 64.0 Å². The number of aryl methyl sites for hydroxylation is 1. The van der Waals surface area contributed by atoms with Crippen LogP contribution in [0.2, 0.25) is 0 Å². The molecular formula is C23H23FN6O3. The van der Waals surface area contributed by atoms with E-state index in [0.717, 1.165) is 12.0 Å². The number of rotatable bonds is 6. The van der Waals surface area contributed by atoms with Gasteiger partial charge in [-0.15, -0.1) is 5.10 Å². The Bertz CT molecular complexity index is 1290. The molecule has 170 valence electrons. The van der Waals surface area contributed by atoms with Crippen molar-refractivity contribution in [3.63, 3.8) is 0 Å². The number of anilines is 1.